The summed E-state index contributed by atoms with van der Waals surface area (Å²) < 4.78 is 0. The van der Waals surface area contributed by atoms with Crippen LogP contribution < -0.4 is 33.2 Å². The lowest BCUT2D eigenvalue weighted by Gasteiger charge is -2.25. The maximum atomic E-state index is 13.3. The Morgan fingerprint density at radius 2 is 1.49 bits per heavy atom. The first kappa shape index (κ1) is 32.3. The number of hydrogen-bond donors (Lipinski definition) is 8. The molecule has 4 atom stereocenters. The maximum absolute atomic E-state index is 13.3. The molecule has 13 nitrogen and oxygen atoms in total. The Morgan fingerprint density at radius 3 is 2.03 bits per heavy atom. The van der Waals surface area contributed by atoms with Gasteiger partial charge in [0.1, 0.15) is 18.1 Å². The molecule has 0 bridgehead atoms. The highest BCUT2D eigenvalue weighted by atomic mass is 32.2. The second kappa shape index (κ2) is 18.5. The van der Waals surface area contributed by atoms with Crippen LogP contribution in [0.4, 0.5) is 0 Å². The van der Waals surface area contributed by atoms with Crippen LogP contribution in [0.1, 0.15) is 50.6 Å². The van der Waals surface area contributed by atoms with Gasteiger partial charge in [0.15, 0.2) is 0 Å². The summed E-state index contributed by atoms with van der Waals surface area (Å²) in [6, 6.07) is -3.94. The molecular weight excluding hydrogens is 500 g/mol. The molecule has 14 heteroatoms. The largest absolute Gasteiger partial charge is 0.480 e. The van der Waals surface area contributed by atoms with Crippen molar-refractivity contribution in [3.8, 4) is 0 Å². The molecule has 0 spiro atoms. The molecule has 0 radical (unpaired) electrons. The van der Waals surface area contributed by atoms with Gasteiger partial charge in [-0.25, -0.2) is 9.78 Å². The Morgan fingerprint density at radius 1 is 0.919 bits per heavy atom. The molecule has 1 aromatic rings. The van der Waals surface area contributed by atoms with E-state index >= 15 is 0 Å². The van der Waals surface area contributed by atoms with Gasteiger partial charge in [-0.3, -0.25) is 14.4 Å². The number of hydrogen-bond acceptors (Lipinski definition) is 9. The summed E-state index contributed by atoms with van der Waals surface area (Å²) in [4.78, 5) is 57.5. The van der Waals surface area contributed by atoms with Crippen molar-refractivity contribution in [2.75, 3.05) is 25.1 Å². The van der Waals surface area contributed by atoms with Crippen molar-refractivity contribution < 1.29 is 24.3 Å². The number of aliphatic carboxylic acids is 1. The van der Waals surface area contributed by atoms with E-state index < -0.39 is 47.9 Å². The third-order valence-electron chi connectivity index (χ3n) is 5.72. The molecule has 210 valence electrons. The van der Waals surface area contributed by atoms with Gasteiger partial charge >= 0.3 is 5.97 Å². The molecule has 37 heavy (non-hydrogen) atoms. The number of thioether (sulfide) groups is 1. The molecule has 0 fully saturated rings. The topological polar surface area (TPSA) is 231 Å². The van der Waals surface area contributed by atoms with Crippen LogP contribution in [-0.4, -0.2) is 88.0 Å². The molecule has 1 heterocycles. The number of amides is 3. The SMILES string of the molecule is CSCCC(N)C(=O)NC(Cc1cnc[nH]1)C(=O)NC(CCCCN)C(=O)NC(CCCCN)C(=O)O. The van der Waals surface area contributed by atoms with Gasteiger partial charge in [0.25, 0.3) is 0 Å². The predicted molar refractivity (Wildman–Crippen MR) is 143 cm³/mol. The molecule has 0 aromatic carbocycles. The minimum atomic E-state index is -1.17. The van der Waals surface area contributed by atoms with Gasteiger partial charge in [-0.05, 0) is 70.0 Å². The number of nitrogens with two attached hydrogens (primary N) is 3. The zero-order chi connectivity index (χ0) is 27.6. The number of unbranched alkanes of at least 4 members (excludes halogenated alkanes) is 2. The molecule has 1 aromatic heterocycles. The number of carboxylic acids is 1. The minimum absolute atomic E-state index is 0.0980. The number of aromatic nitrogens is 2. The van der Waals surface area contributed by atoms with Crippen LogP contribution in [-0.2, 0) is 25.6 Å². The van der Waals surface area contributed by atoms with E-state index in [1.165, 1.54) is 12.5 Å². The molecule has 3 amide bonds. The number of nitrogens with one attached hydrogen (secondary N) is 4. The molecule has 1 rings (SSSR count). The lowest BCUT2D eigenvalue weighted by molar-refractivity contribution is -0.142. The van der Waals surface area contributed by atoms with Gasteiger partial charge < -0.3 is 43.2 Å². The fraction of sp³-hybridized carbons (Fsp3) is 0.696. The first-order valence-electron chi connectivity index (χ1n) is 12.5. The van der Waals surface area contributed by atoms with Gasteiger partial charge in [-0.2, -0.15) is 11.8 Å². The number of nitrogens with zero attached hydrogens (tertiary/aromatic N) is 1. The second-order valence-electron chi connectivity index (χ2n) is 8.76. The number of rotatable bonds is 20. The van der Waals surface area contributed by atoms with E-state index in [4.69, 9.17) is 17.2 Å². The molecule has 11 N–H and O–H groups in total. The van der Waals surface area contributed by atoms with E-state index in [0.717, 1.165) is 0 Å². The Hall–Kier alpha value is -2.68. The number of H-pyrrole nitrogens is 1. The van der Waals surface area contributed by atoms with Crippen LogP contribution in [0.5, 0.6) is 0 Å². The number of carbonyl (C=O) groups excluding carboxylic acids is 3. The Bertz CT molecular complexity index is 826. The summed E-state index contributed by atoms with van der Waals surface area (Å²) >= 11 is 1.56. The third-order valence-corrected chi connectivity index (χ3v) is 6.37. The summed E-state index contributed by atoms with van der Waals surface area (Å²) in [6.45, 7) is 0.827. The van der Waals surface area contributed by atoms with Crippen LogP contribution in [0.15, 0.2) is 12.5 Å². The van der Waals surface area contributed by atoms with Gasteiger partial charge in [0.2, 0.25) is 17.7 Å². The molecule has 0 aliphatic heterocycles. The number of carbonyl (C=O) groups is 4. The Labute approximate surface area is 221 Å². The first-order valence-corrected chi connectivity index (χ1v) is 13.9. The van der Waals surface area contributed by atoms with Crippen molar-refractivity contribution >= 4 is 35.5 Å². The van der Waals surface area contributed by atoms with Crippen molar-refractivity contribution in [2.24, 2.45) is 17.2 Å². The summed E-state index contributed by atoms with van der Waals surface area (Å²) in [7, 11) is 0. The number of aromatic amines is 1. The van der Waals surface area contributed by atoms with E-state index in [2.05, 4.69) is 25.9 Å². The van der Waals surface area contributed by atoms with Gasteiger partial charge in [0.05, 0.1) is 12.4 Å². The zero-order valence-electron chi connectivity index (χ0n) is 21.4. The van der Waals surface area contributed by atoms with Crippen molar-refractivity contribution in [3.63, 3.8) is 0 Å². The maximum Gasteiger partial charge on any atom is 0.326 e. The molecule has 4 unspecified atom stereocenters. The molecule has 0 saturated heterocycles. The third kappa shape index (κ3) is 12.9. The lowest BCUT2D eigenvalue weighted by atomic mass is 10.0. The first-order chi connectivity index (χ1) is 17.7. The van der Waals surface area contributed by atoms with E-state index in [0.29, 0.717) is 56.6 Å². The minimum Gasteiger partial charge on any atom is -0.480 e. The molecule has 0 saturated carbocycles. The standard InChI is InChI=1S/C23H42N8O5S/c1-37-11-8-16(26)20(32)31-19(12-15-13-27-14-28-15)22(34)29-17(6-2-4-9-24)21(33)30-18(23(35)36)7-3-5-10-25/h13-14,16-19H,2-12,24-26H2,1H3,(H,27,28)(H,29,34)(H,30,33)(H,31,32)(H,35,36). The fourth-order valence-corrected chi connectivity index (χ4v) is 4.03. The Balaban J connectivity index is 3.00. The van der Waals surface area contributed by atoms with Crippen LogP contribution >= 0.6 is 11.8 Å². The second-order valence-corrected chi connectivity index (χ2v) is 9.75. The van der Waals surface area contributed by atoms with E-state index in [1.807, 2.05) is 6.26 Å². The van der Waals surface area contributed by atoms with Gasteiger partial charge in [-0.1, -0.05) is 0 Å². The predicted octanol–water partition coefficient (Wildman–Crippen LogP) is -1.17. The Kier molecular flexibility index (Phi) is 16.2. The highest BCUT2D eigenvalue weighted by Gasteiger charge is 2.30. The van der Waals surface area contributed by atoms with Crippen LogP contribution in [0.2, 0.25) is 0 Å². The van der Waals surface area contributed by atoms with Crippen molar-refractivity contribution in [1.29, 1.82) is 0 Å². The quantitative estimate of drug-likeness (QED) is 0.0919. The summed E-state index contributed by atoms with van der Waals surface area (Å²) in [6.07, 6.45) is 8.22. The van der Waals surface area contributed by atoms with Gasteiger partial charge in [-0.15, -0.1) is 0 Å². The average molecular weight is 543 g/mol. The zero-order valence-corrected chi connectivity index (χ0v) is 22.2. The monoisotopic (exact) mass is 542 g/mol. The van der Waals surface area contributed by atoms with Crippen LogP contribution in [0.25, 0.3) is 0 Å². The van der Waals surface area contributed by atoms with E-state index in [1.54, 1.807) is 11.8 Å². The normalized spacial score (nSPS) is 14.3. The molecule has 0 aliphatic carbocycles. The van der Waals surface area contributed by atoms with Gasteiger partial charge in [0, 0.05) is 18.3 Å². The number of carboxylic acid groups (broad SMARTS) is 1. The summed E-state index contributed by atoms with van der Waals surface area (Å²) in [5, 5.41) is 17.4. The van der Waals surface area contributed by atoms with Crippen molar-refractivity contribution in [3.05, 3.63) is 18.2 Å². The smallest absolute Gasteiger partial charge is 0.326 e. The highest BCUT2D eigenvalue weighted by Crippen LogP contribution is 2.08. The van der Waals surface area contributed by atoms with Crippen molar-refractivity contribution in [2.45, 2.75) is 75.5 Å². The van der Waals surface area contributed by atoms with E-state index in [9.17, 15) is 24.3 Å². The van der Waals surface area contributed by atoms with Crippen LogP contribution in [0.3, 0.4) is 0 Å². The summed E-state index contributed by atoms with van der Waals surface area (Å²) in [5.74, 6) is -2.17. The lowest BCUT2D eigenvalue weighted by Crippen LogP contribution is -2.57. The fourth-order valence-electron chi connectivity index (χ4n) is 3.54. The highest BCUT2D eigenvalue weighted by molar-refractivity contribution is 7.98. The average Bonchev–Trinajstić information content (AvgIpc) is 3.38. The number of imidazole rings is 1. The molecular formula is C23H42N8O5S. The summed E-state index contributed by atoms with van der Waals surface area (Å²) in [5.41, 5.74) is 17.6. The van der Waals surface area contributed by atoms with Crippen LogP contribution in [0, 0.1) is 0 Å². The molecule has 0 aliphatic rings. The van der Waals surface area contributed by atoms with E-state index in [-0.39, 0.29) is 19.3 Å². The van der Waals surface area contributed by atoms with Crippen molar-refractivity contribution in [1.82, 2.24) is 25.9 Å².